The molecule has 0 saturated heterocycles. The highest BCUT2D eigenvalue weighted by Gasteiger charge is 2.09. The Labute approximate surface area is 121 Å². The number of hydrogen-bond acceptors (Lipinski definition) is 3. The van der Waals surface area contributed by atoms with E-state index in [9.17, 15) is 0 Å². The minimum atomic E-state index is 0.314. The van der Waals surface area contributed by atoms with Crippen LogP contribution in [0.15, 0.2) is 34.9 Å². The predicted octanol–water partition coefficient (Wildman–Crippen LogP) is 4.32. The first-order valence-corrected chi connectivity index (χ1v) is 7.73. The van der Waals surface area contributed by atoms with Crippen molar-refractivity contribution in [1.29, 1.82) is 0 Å². The summed E-state index contributed by atoms with van der Waals surface area (Å²) in [6.45, 7) is 5.16. The minimum Gasteiger partial charge on any atom is -0.304 e. The fourth-order valence-corrected chi connectivity index (χ4v) is 3.21. The first kappa shape index (κ1) is 13.7. The number of nitrogens with one attached hydrogen (secondary N) is 1. The summed E-state index contributed by atoms with van der Waals surface area (Å²) in [5.41, 5.74) is 1.28. The summed E-state index contributed by atoms with van der Waals surface area (Å²) in [6, 6.07) is 8.63. The molecule has 0 saturated carbocycles. The molecule has 0 radical (unpaired) electrons. The maximum absolute atomic E-state index is 4.42. The Bertz CT molecular complexity index is 510. The van der Waals surface area contributed by atoms with Crippen LogP contribution in [0.5, 0.6) is 0 Å². The molecule has 1 aromatic heterocycles. The summed E-state index contributed by atoms with van der Waals surface area (Å²) in [7, 11) is 0. The molecule has 96 valence electrons. The molecule has 0 fully saturated rings. The van der Waals surface area contributed by atoms with Gasteiger partial charge in [0.1, 0.15) is 5.01 Å². The lowest BCUT2D eigenvalue weighted by atomic mass is 10.1. The Hall–Kier alpha value is -0.710. The molecular formula is C14H17BrN2S. The number of nitrogens with zero attached hydrogens (tertiary/aromatic N) is 1. The van der Waals surface area contributed by atoms with E-state index < -0.39 is 0 Å². The van der Waals surface area contributed by atoms with Crippen LogP contribution in [0.1, 0.15) is 35.3 Å². The zero-order chi connectivity index (χ0) is 13.0. The average molecular weight is 325 g/mol. The van der Waals surface area contributed by atoms with Crippen molar-refractivity contribution in [2.45, 2.75) is 32.9 Å². The SMILES string of the molecule is CCc1cnc(CNC(C)c2ccccc2Br)s1. The van der Waals surface area contributed by atoms with E-state index in [4.69, 9.17) is 0 Å². The smallest absolute Gasteiger partial charge is 0.107 e. The molecule has 2 nitrogen and oxygen atoms in total. The minimum absolute atomic E-state index is 0.314. The van der Waals surface area contributed by atoms with Crippen molar-refractivity contribution in [1.82, 2.24) is 10.3 Å². The second-order valence-corrected chi connectivity index (χ2v) is 6.25. The van der Waals surface area contributed by atoms with Gasteiger partial charge in [-0.25, -0.2) is 4.98 Å². The summed E-state index contributed by atoms with van der Waals surface area (Å²) >= 11 is 5.37. The quantitative estimate of drug-likeness (QED) is 0.886. The summed E-state index contributed by atoms with van der Waals surface area (Å²) in [6.07, 6.45) is 3.04. The first-order valence-electron chi connectivity index (χ1n) is 6.12. The van der Waals surface area contributed by atoms with Crippen LogP contribution in [-0.2, 0) is 13.0 Å². The zero-order valence-corrected chi connectivity index (χ0v) is 13.0. The molecule has 4 heteroatoms. The van der Waals surface area contributed by atoms with E-state index in [0.29, 0.717) is 6.04 Å². The Morgan fingerprint density at radius 1 is 1.39 bits per heavy atom. The molecule has 2 aromatic rings. The van der Waals surface area contributed by atoms with E-state index in [0.717, 1.165) is 22.4 Å². The molecule has 0 amide bonds. The maximum atomic E-state index is 4.42. The van der Waals surface area contributed by atoms with Crippen LogP contribution in [0.4, 0.5) is 0 Å². The van der Waals surface area contributed by atoms with Crippen molar-refractivity contribution < 1.29 is 0 Å². The molecule has 2 rings (SSSR count). The summed E-state index contributed by atoms with van der Waals surface area (Å²) in [5, 5.41) is 4.67. The van der Waals surface area contributed by atoms with Gasteiger partial charge in [-0.3, -0.25) is 0 Å². The van der Waals surface area contributed by atoms with Crippen molar-refractivity contribution in [3.63, 3.8) is 0 Å². The van der Waals surface area contributed by atoms with Gasteiger partial charge in [0.2, 0.25) is 0 Å². The van der Waals surface area contributed by atoms with Crippen molar-refractivity contribution in [2.24, 2.45) is 0 Å². The first-order chi connectivity index (χ1) is 8.70. The van der Waals surface area contributed by atoms with E-state index in [2.05, 4.69) is 58.3 Å². The Morgan fingerprint density at radius 3 is 2.83 bits per heavy atom. The van der Waals surface area contributed by atoms with Gasteiger partial charge in [0.25, 0.3) is 0 Å². The molecule has 1 unspecified atom stereocenters. The lowest BCUT2D eigenvalue weighted by molar-refractivity contribution is 0.571. The molecule has 18 heavy (non-hydrogen) atoms. The number of aromatic nitrogens is 1. The highest BCUT2D eigenvalue weighted by atomic mass is 79.9. The van der Waals surface area contributed by atoms with Crippen LogP contribution in [-0.4, -0.2) is 4.98 Å². The van der Waals surface area contributed by atoms with Gasteiger partial charge in [0.05, 0.1) is 0 Å². The Morgan fingerprint density at radius 2 is 2.17 bits per heavy atom. The molecule has 0 aliphatic rings. The molecule has 0 aliphatic carbocycles. The molecule has 0 bridgehead atoms. The third-order valence-corrected chi connectivity index (χ3v) is 4.74. The van der Waals surface area contributed by atoms with Crippen LogP contribution < -0.4 is 5.32 Å². The average Bonchev–Trinajstić information content (AvgIpc) is 2.84. The standard InChI is InChI=1S/C14H17BrN2S/c1-3-11-8-17-14(18-11)9-16-10(2)12-6-4-5-7-13(12)15/h4-8,10,16H,3,9H2,1-2H3. The van der Waals surface area contributed by atoms with Crippen molar-refractivity contribution in [3.8, 4) is 0 Å². The van der Waals surface area contributed by atoms with Crippen molar-refractivity contribution >= 4 is 27.3 Å². The fraction of sp³-hybridized carbons (Fsp3) is 0.357. The van der Waals surface area contributed by atoms with Crippen molar-refractivity contribution in [2.75, 3.05) is 0 Å². The molecule has 1 heterocycles. The number of rotatable bonds is 5. The Kier molecular flexibility index (Phi) is 4.92. The highest BCUT2D eigenvalue weighted by molar-refractivity contribution is 9.10. The number of aryl methyl sites for hydroxylation is 1. The Balaban J connectivity index is 1.96. The monoisotopic (exact) mass is 324 g/mol. The van der Waals surface area contributed by atoms with Gasteiger partial charge in [-0.2, -0.15) is 0 Å². The number of thiazole rings is 1. The lowest BCUT2D eigenvalue weighted by Gasteiger charge is -2.14. The number of hydrogen-bond donors (Lipinski definition) is 1. The van der Waals surface area contributed by atoms with Crippen LogP contribution >= 0.6 is 27.3 Å². The third kappa shape index (κ3) is 3.40. The van der Waals surface area contributed by atoms with Gasteiger partial charge in [-0.1, -0.05) is 41.1 Å². The number of halogens is 1. The van der Waals surface area contributed by atoms with Gasteiger partial charge in [-0.15, -0.1) is 11.3 Å². The summed E-state index contributed by atoms with van der Waals surface area (Å²) in [4.78, 5) is 5.77. The third-order valence-electron chi connectivity index (χ3n) is 2.88. The summed E-state index contributed by atoms with van der Waals surface area (Å²) < 4.78 is 1.15. The molecule has 0 aliphatic heterocycles. The highest BCUT2D eigenvalue weighted by Crippen LogP contribution is 2.23. The number of benzene rings is 1. The second-order valence-electron chi connectivity index (χ2n) is 4.20. The van der Waals surface area contributed by atoms with Crippen molar-refractivity contribution in [3.05, 3.63) is 50.4 Å². The van der Waals surface area contributed by atoms with Gasteiger partial charge >= 0.3 is 0 Å². The molecule has 1 aromatic carbocycles. The van der Waals surface area contributed by atoms with E-state index in [1.807, 2.05) is 12.3 Å². The van der Waals surface area contributed by atoms with Crippen LogP contribution in [0, 0.1) is 0 Å². The van der Waals surface area contributed by atoms with Crippen LogP contribution in [0.3, 0.4) is 0 Å². The van der Waals surface area contributed by atoms with E-state index in [-0.39, 0.29) is 0 Å². The van der Waals surface area contributed by atoms with Gasteiger partial charge in [0.15, 0.2) is 0 Å². The van der Waals surface area contributed by atoms with E-state index in [1.165, 1.54) is 10.4 Å². The van der Waals surface area contributed by atoms with E-state index >= 15 is 0 Å². The van der Waals surface area contributed by atoms with Crippen LogP contribution in [0.25, 0.3) is 0 Å². The predicted molar refractivity (Wildman–Crippen MR) is 80.9 cm³/mol. The maximum Gasteiger partial charge on any atom is 0.107 e. The summed E-state index contributed by atoms with van der Waals surface area (Å²) in [5.74, 6) is 0. The van der Waals surface area contributed by atoms with E-state index in [1.54, 1.807) is 11.3 Å². The molecule has 1 N–H and O–H groups in total. The van der Waals surface area contributed by atoms with Gasteiger partial charge in [0, 0.05) is 28.1 Å². The van der Waals surface area contributed by atoms with Gasteiger partial charge < -0.3 is 5.32 Å². The zero-order valence-electron chi connectivity index (χ0n) is 10.6. The molecule has 1 atom stereocenters. The lowest BCUT2D eigenvalue weighted by Crippen LogP contribution is -2.18. The fourth-order valence-electron chi connectivity index (χ4n) is 1.77. The largest absolute Gasteiger partial charge is 0.304 e. The second kappa shape index (κ2) is 6.45. The van der Waals surface area contributed by atoms with Gasteiger partial charge in [-0.05, 0) is 25.0 Å². The normalized spacial score (nSPS) is 12.6. The topological polar surface area (TPSA) is 24.9 Å². The molecular weight excluding hydrogens is 308 g/mol. The molecule has 0 spiro atoms. The van der Waals surface area contributed by atoms with Crippen LogP contribution in [0.2, 0.25) is 0 Å².